The van der Waals surface area contributed by atoms with Crippen LogP contribution in [0.15, 0.2) is 64.6 Å². The maximum Gasteiger partial charge on any atom is 0.337 e. The summed E-state index contributed by atoms with van der Waals surface area (Å²) in [4.78, 5) is 41.0. The second-order valence-corrected chi connectivity index (χ2v) is 8.58. The van der Waals surface area contributed by atoms with Crippen LogP contribution < -0.4 is 10.2 Å². The summed E-state index contributed by atoms with van der Waals surface area (Å²) in [5, 5.41) is 5.00. The first kappa shape index (κ1) is 21.8. The number of benzene rings is 1. The fourth-order valence-electron chi connectivity index (χ4n) is 3.95. The summed E-state index contributed by atoms with van der Waals surface area (Å²) < 4.78 is 10.1. The van der Waals surface area contributed by atoms with E-state index in [0.717, 1.165) is 30.6 Å². The Balaban J connectivity index is 1.75. The third-order valence-corrected chi connectivity index (χ3v) is 6.46. The van der Waals surface area contributed by atoms with Crippen molar-refractivity contribution in [1.82, 2.24) is 5.32 Å². The van der Waals surface area contributed by atoms with Gasteiger partial charge < -0.3 is 14.5 Å². The van der Waals surface area contributed by atoms with Gasteiger partial charge in [0.2, 0.25) is 5.91 Å². The predicted octanol–water partition coefficient (Wildman–Crippen LogP) is 4.57. The molecular formula is C24H24N2O5S. The summed E-state index contributed by atoms with van der Waals surface area (Å²) in [6.07, 6.45) is 5.45. The van der Waals surface area contributed by atoms with Crippen molar-refractivity contribution >= 4 is 34.8 Å². The molecule has 0 spiro atoms. The summed E-state index contributed by atoms with van der Waals surface area (Å²) in [7, 11) is 1.31. The first-order valence-corrected chi connectivity index (χ1v) is 11.4. The second-order valence-electron chi connectivity index (χ2n) is 7.60. The van der Waals surface area contributed by atoms with Crippen LogP contribution in [0.1, 0.15) is 57.5 Å². The molecule has 166 valence electrons. The quantitative estimate of drug-likeness (QED) is 0.530. The molecule has 0 saturated heterocycles. The molecule has 2 aromatic heterocycles. The van der Waals surface area contributed by atoms with Gasteiger partial charge in [-0.25, -0.2) is 4.79 Å². The van der Waals surface area contributed by atoms with E-state index in [1.165, 1.54) is 29.6 Å². The van der Waals surface area contributed by atoms with Crippen LogP contribution in [-0.2, 0) is 9.53 Å². The smallest absolute Gasteiger partial charge is 0.337 e. The SMILES string of the molecule is COC(=O)c1ccc(N(C(=O)c2ccco2)C(C(=O)NC2CCCC2)c2cccs2)cc1. The van der Waals surface area contributed by atoms with Gasteiger partial charge in [0.25, 0.3) is 5.91 Å². The van der Waals surface area contributed by atoms with Gasteiger partial charge in [-0.15, -0.1) is 11.3 Å². The number of nitrogens with one attached hydrogen (secondary N) is 1. The first-order chi connectivity index (χ1) is 15.6. The standard InChI is InChI=1S/C24H24N2O5S/c1-30-24(29)16-10-12-18(13-11-16)26(23(28)19-8-4-14-31-19)21(20-9-5-15-32-20)22(27)25-17-6-2-3-7-17/h4-5,8-15,17,21H,2-3,6-7H2,1H3,(H,25,27). The molecule has 2 heterocycles. The third-order valence-electron chi connectivity index (χ3n) is 5.54. The number of methoxy groups -OCH3 is 1. The third kappa shape index (κ3) is 4.60. The van der Waals surface area contributed by atoms with Gasteiger partial charge in [0.1, 0.15) is 0 Å². The summed E-state index contributed by atoms with van der Waals surface area (Å²) in [5.41, 5.74) is 0.823. The molecule has 0 radical (unpaired) electrons. The Kier molecular flexibility index (Phi) is 6.70. The maximum atomic E-state index is 13.5. The van der Waals surface area contributed by atoms with Gasteiger partial charge in [0.15, 0.2) is 11.8 Å². The number of rotatable bonds is 7. The Morgan fingerprint density at radius 1 is 1.09 bits per heavy atom. The van der Waals surface area contributed by atoms with Gasteiger partial charge in [0, 0.05) is 16.6 Å². The molecule has 0 bridgehead atoms. The largest absolute Gasteiger partial charge is 0.465 e. The molecule has 1 atom stereocenters. The Hall–Kier alpha value is -3.39. The van der Waals surface area contributed by atoms with Gasteiger partial charge in [-0.2, -0.15) is 0 Å². The number of furan rings is 1. The van der Waals surface area contributed by atoms with E-state index in [1.54, 1.807) is 36.4 Å². The fraction of sp³-hybridized carbons (Fsp3) is 0.292. The Labute approximate surface area is 190 Å². The van der Waals surface area contributed by atoms with Crippen LogP contribution in [0.2, 0.25) is 0 Å². The molecule has 2 amide bonds. The molecule has 8 heteroatoms. The molecule has 1 fully saturated rings. The van der Waals surface area contributed by atoms with E-state index in [-0.39, 0.29) is 17.7 Å². The first-order valence-electron chi connectivity index (χ1n) is 10.5. The number of esters is 1. The molecule has 4 rings (SSSR count). The summed E-state index contributed by atoms with van der Waals surface area (Å²) in [6.45, 7) is 0. The van der Waals surface area contributed by atoms with E-state index < -0.39 is 17.9 Å². The molecule has 1 N–H and O–H groups in total. The van der Waals surface area contributed by atoms with Crippen molar-refractivity contribution in [2.75, 3.05) is 12.0 Å². The molecule has 32 heavy (non-hydrogen) atoms. The van der Waals surface area contributed by atoms with Gasteiger partial charge in [-0.1, -0.05) is 18.9 Å². The molecule has 0 aliphatic heterocycles. The lowest BCUT2D eigenvalue weighted by Crippen LogP contribution is -2.46. The minimum atomic E-state index is -0.878. The molecule has 1 unspecified atom stereocenters. The predicted molar refractivity (Wildman–Crippen MR) is 121 cm³/mol. The average Bonchev–Trinajstić information content (AvgIpc) is 3.60. The normalized spacial score (nSPS) is 14.7. The number of carbonyl (C=O) groups excluding carboxylic acids is 3. The number of nitrogens with zero attached hydrogens (tertiary/aromatic N) is 1. The fourth-order valence-corrected chi connectivity index (χ4v) is 4.76. The number of ether oxygens (including phenoxy) is 1. The second kappa shape index (κ2) is 9.82. The van der Waals surface area contributed by atoms with E-state index in [4.69, 9.17) is 9.15 Å². The van der Waals surface area contributed by atoms with Crippen molar-refractivity contribution in [3.05, 3.63) is 76.4 Å². The zero-order valence-corrected chi connectivity index (χ0v) is 18.5. The van der Waals surface area contributed by atoms with Crippen LogP contribution in [0.3, 0.4) is 0 Å². The highest BCUT2D eigenvalue weighted by Gasteiger charge is 2.36. The van der Waals surface area contributed by atoms with Crippen molar-refractivity contribution in [1.29, 1.82) is 0 Å². The lowest BCUT2D eigenvalue weighted by atomic mass is 10.1. The number of hydrogen-bond acceptors (Lipinski definition) is 6. The number of thiophene rings is 1. The lowest BCUT2D eigenvalue weighted by molar-refractivity contribution is -0.123. The Bertz CT molecular complexity index is 1050. The number of amides is 2. The van der Waals surface area contributed by atoms with Crippen LogP contribution in [0.25, 0.3) is 0 Å². The highest BCUT2D eigenvalue weighted by molar-refractivity contribution is 7.10. The highest BCUT2D eigenvalue weighted by atomic mass is 32.1. The van der Waals surface area contributed by atoms with Gasteiger partial charge in [0.05, 0.1) is 18.9 Å². The van der Waals surface area contributed by atoms with Crippen molar-refractivity contribution in [2.24, 2.45) is 0 Å². The molecule has 1 aliphatic rings. The van der Waals surface area contributed by atoms with Gasteiger partial charge in [-0.3, -0.25) is 14.5 Å². The minimum absolute atomic E-state index is 0.104. The van der Waals surface area contributed by atoms with Crippen molar-refractivity contribution < 1.29 is 23.5 Å². The molecule has 1 saturated carbocycles. The zero-order chi connectivity index (χ0) is 22.5. The molecule has 3 aromatic rings. The van der Waals surface area contributed by atoms with Crippen LogP contribution in [0.4, 0.5) is 5.69 Å². The lowest BCUT2D eigenvalue weighted by Gasteiger charge is -2.31. The van der Waals surface area contributed by atoms with E-state index in [9.17, 15) is 14.4 Å². The number of anilines is 1. The molecule has 1 aromatic carbocycles. The maximum absolute atomic E-state index is 13.5. The van der Waals surface area contributed by atoms with Gasteiger partial charge in [-0.05, 0) is 60.7 Å². The van der Waals surface area contributed by atoms with Crippen LogP contribution in [0.5, 0.6) is 0 Å². The Morgan fingerprint density at radius 3 is 2.44 bits per heavy atom. The number of carbonyl (C=O) groups is 3. The summed E-state index contributed by atoms with van der Waals surface area (Å²) >= 11 is 1.41. The Morgan fingerprint density at radius 2 is 1.84 bits per heavy atom. The number of hydrogen-bond donors (Lipinski definition) is 1. The molecular weight excluding hydrogens is 428 g/mol. The summed E-state index contributed by atoms with van der Waals surface area (Å²) in [5.74, 6) is -1.04. The van der Waals surface area contributed by atoms with E-state index >= 15 is 0 Å². The molecule has 7 nitrogen and oxygen atoms in total. The van der Waals surface area contributed by atoms with Crippen LogP contribution >= 0.6 is 11.3 Å². The highest BCUT2D eigenvalue weighted by Crippen LogP contribution is 2.33. The van der Waals surface area contributed by atoms with E-state index in [1.807, 2.05) is 17.5 Å². The van der Waals surface area contributed by atoms with Crippen molar-refractivity contribution in [2.45, 2.75) is 37.8 Å². The van der Waals surface area contributed by atoms with Gasteiger partial charge >= 0.3 is 5.97 Å². The van der Waals surface area contributed by atoms with E-state index in [0.29, 0.717) is 11.3 Å². The van der Waals surface area contributed by atoms with E-state index in [2.05, 4.69) is 5.32 Å². The minimum Gasteiger partial charge on any atom is -0.465 e. The van der Waals surface area contributed by atoms with Crippen LogP contribution in [0, 0.1) is 0 Å². The topological polar surface area (TPSA) is 88.8 Å². The zero-order valence-electron chi connectivity index (χ0n) is 17.7. The van der Waals surface area contributed by atoms with Crippen molar-refractivity contribution in [3.63, 3.8) is 0 Å². The molecule has 1 aliphatic carbocycles. The van der Waals surface area contributed by atoms with Crippen molar-refractivity contribution in [3.8, 4) is 0 Å². The monoisotopic (exact) mass is 452 g/mol. The van der Waals surface area contributed by atoms with Crippen LogP contribution in [-0.4, -0.2) is 30.9 Å². The average molecular weight is 453 g/mol. The summed E-state index contributed by atoms with van der Waals surface area (Å²) in [6, 6.07) is 12.5.